The molecule has 0 saturated heterocycles. The number of aryl methyl sites for hydroxylation is 1. The number of nitriles is 1. The summed E-state index contributed by atoms with van der Waals surface area (Å²) >= 11 is 1.40. The van der Waals surface area contributed by atoms with Crippen molar-refractivity contribution in [2.24, 2.45) is 0 Å². The second-order valence-electron chi connectivity index (χ2n) is 5.50. The lowest BCUT2D eigenvalue weighted by atomic mass is 10.1. The molecule has 0 aliphatic heterocycles. The number of thiophene rings is 1. The van der Waals surface area contributed by atoms with Gasteiger partial charge in [0.2, 0.25) is 0 Å². The Labute approximate surface area is 148 Å². The van der Waals surface area contributed by atoms with Crippen LogP contribution in [0, 0.1) is 21.4 Å². The molecule has 1 heterocycles. The number of nitro benzene ring substituents is 1. The molecule has 7 nitrogen and oxygen atoms in total. The minimum absolute atomic E-state index is 0.122. The number of benzene rings is 1. The molecule has 1 amide bonds. The smallest absolute Gasteiger partial charge is 0.311 e. The lowest BCUT2D eigenvalue weighted by Crippen LogP contribution is -2.12. The number of fused-ring (bicyclic) bond motifs is 1. The number of rotatable bonds is 5. The molecule has 25 heavy (non-hydrogen) atoms. The van der Waals surface area contributed by atoms with Crippen LogP contribution < -0.4 is 10.1 Å². The van der Waals surface area contributed by atoms with Crippen molar-refractivity contribution in [3.05, 3.63) is 49.9 Å². The van der Waals surface area contributed by atoms with Gasteiger partial charge in [-0.3, -0.25) is 14.9 Å². The fourth-order valence-electron chi connectivity index (χ4n) is 2.86. The number of carbonyl (C=O) groups excluding carboxylic acids is 1. The summed E-state index contributed by atoms with van der Waals surface area (Å²) in [6.45, 7) is 2.02. The van der Waals surface area contributed by atoms with Crippen molar-refractivity contribution in [3.63, 3.8) is 0 Å². The molecule has 1 aliphatic rings. The zero-order valence-electron chi connectivity index (χ0n) is 13.5. The summed E-state index contributed by atoms with van der Waals surface area (Å²) in [7, 11) is 0. The van der Waals surface area contributed by atoms with Gasteiger partial charge in [-0.2, -0.15) is 5.26 Å². The summed E-state index contributed by atoms with van der Waals surface area (Å²) in [5.74, 6) is -0.362. The first-order valence-corrected chi connectivity index (χ1v) is 8.64. The standard InChI is InChI=1S/C17H15N3O4S/c1-2-24-14-7-6-10(8-13(14)20(22)23)16(21)19-17-12(9-18)11-4-3-5-15(11)25-17/h6-8H,2-5H2,1H3,(H,19,21). The van der Waals surface area contributed by atoms with E-state index in [0.717, 1.165) is 29.7 Å². The molecular weight excluding hydrogens is 342 g/mol. The highest BCUT2D eigenvalue weighted by Gasteiger charge is 2.24. The molecule has 0 bridgehead atoms. The van der Waals surface area contributed by atoms with Crippen LogP contribution in [-0.4, -0.2) is 17.4 Å². The highest BCUT2D eigenvalue weighted by Crippen LogP contribution is 2.39. The van der Waals surface area contributed by atoms with Gasteiger partial charge in [-0.15, -0.1) is 11.3 Å². The molecule has 1 aromatic heterocycles. The van der Waals surface area contributed by atoms with Crippen molar-refractivity contribution >= 4 is 27.9 Å². The number of ether oxygens (including phenoxy) is 1. The zero-order chi connectivity index (χ0) is 18.0. The molecule has 1 aromatic carbocycles. The van der Waals surface area contributed by atoms with Crippen molar-refractivity contribution < 1.29 is 14.5 Å². The third-order valence-corrected chi connectivity index (χ3v) is 5.19. The van der Waals surface area contributed by atoms with Crippen LogP contribution in [0.2, 0.25) is 0 Å². The fourth-order valence-corrected chi connectivity index (χ4v) is 4.10. The molecule has 3 rings (SSSR count). The summed E-state index contributed by atoms with van der Waals surface area (Å²) in [5.41, 5.74) is 1.41. The predicted octanol–water partition coefficient (Wildman–Crippen LogP) is 3.67. The van der Waals surface area contributed by atoms with Crippen LogP contribution in [0.1, 0.15) is 39.7 Å². The minimum atomic E-state index is -0.581. The van der Waals surface area contributed by atoms with Crippen LogP contribution in [0.25, 0.3) is 0 Å². The van der Waals surface area contributed by atoms with E-state index in [4.69, 9.17) is 4.74 Å². The number of hydrogen-bond donors (Lipinski definition) is 1. The SMILES string of the molecule is CCOc1ccc(C(=O)Nc2sc3c(c2C#N)CCC3)cc1[N+](=O)[O-]. The summed E-state index contributed by atoms with van der Waals surface area (Å²) in [6, 6.07) is 6.23. The maximum absolute atomic E-state index is 12.5. The van der Waals surface area contributed by atoms with Crippen LogP contribution in [0.4, 0.5) is 10.7 Å². The topological polar surface area (TPSA) is 105 Å². The summed E-state index contributed by atoms with van der Waals surface area (Å²) in [6.07, 6.45) is 2.79. The van der Waals surface area contributed by atoms with Gasteiger partial charge < -0.3 is 10.1 Å². The van der Waals surface area contributed by atoms with Crippen LogP contribution >= 0.6 is 11.3 Å². The van der Waals surface area contributed by atoms with Crippen molar-refractivity contribution in [3.8, 4) is 11.8 Å². The van der Waals surface area contributed by atoms with Gasteiger partial charge >= 0.3 is 5.69 Å². The molecule has 8 heteroatoms. The first kappa shape index (κ1) is 16.9. The number of nitrogens with zero attached hydrogens (tertiary/aromatic N) is 2. The molecule has 0 spiro atoms. The summed E-state index contributed by atoms with van der Waals surface area (Å²) in [4.78, 5) is 24.2. The van der Waals surface area contributed by atoms with E-state index in [1.54, 1.807) is 6.92 Å². The van der Waals surface area contributed by atoms with Crippen LogP contribution in [0.15, 0.2) is 18.2 Å². The van der Waals surface area contributed by atoms with Crippen LogP contribution in [0.3, 0.4) is 0 Å². The number of nitrogens with one attached hydrogen (secondary N) is 1. The van der Waals surface area contributed by atoms with Crippen molar-refractivity contribution in [2.45, 2.75) is 26.2 Å². The Morgan fingerprint density at radius 2 is 2.28 bits per heavy atom. The van der Waals surface area contributed by atoms with E-state index in [2.05, 4.69) is 11.4 Å². The molecule has 0 saturated carbocycles. The van der Waals surface area contributed by atoms with Gasteiger partial charge in [-0.25, -0.2) is 0 Å². The second kappa shape index (κ2) is 6.91. The van der Waals surface area contributed by atoms with E-state index in [1.807, 2.05) is 0 Å². The third-order valence-electron chi connectivity index (χ3n) is 3.98. The van der Waals surface area contributed by atoms with Gasteiger partial charge in [0.1, 0.15) is 11.1 Å². The predicted molar refractivity (Wildman–Crippen MR) is 93.3 cm³/mol. The van der Waals surface area contributed by atoms with Gasteiger partial charge in [-0.1, -0.05) is 0 Å². The van der Waals surface area contributed by atoms with Gasteiger partial charge in [-0.05, 0) is 43.9 Å². The van der Waals surface area contributed by atoms with Gasteiger partial charge in [0.05, 0.1) is 17.1 Å². The van der Waals surface area contributed by atoms with E-state index in [9.17, 15) is 20.2 Å². The quantitative estimate of drug-likeness (QED) is 0.649. The number of hydrogen-bond acceptors (Lipinski definition) is 6. The number of anilines is 1. The third kappa shape index (κ3) is 3.19. The van der Waals surface area contributed by atoms with E-state index in [1.165, 1.54) is 29.5 Å². The summed E-state index contributed by atoms with van der Waals surface area (Å²) < 4.78 is 5.21. The first-order valence-electron chi connectivity index (χ1n) is 7.82. The highest BCUT2D eigenvalue weighted by atomic mass is 32.1. The molecule has 0 atom stereocenters. The van der Waals surface area contributed by atoms with E-state index in [-0.39, 0.29) is 17.0 Å². The Kier molecular flexibility index (Phi) is 4.67. The van der Waals surface area contributed by atoms with Crippen molar-refractivity contribution in [1.82, 2.24) is 0 Å². The van der Waals surface area contributed by atoms with Crippen molar-refractivity contribution in [2.75, 3.05) is 11.9 Å². The Hall–Kier alpha value is -2.92. The Balaban J connectivity index is 1.88. The molecule has 2 aromatic rings. The lowest BCUT2D eigenvalue weighted by Gasteiger charge is -2.07. The van der Waals surface area contributed by atoms with Gasteiger partial charge in [0.25, 0.3) is 5.91 Å². The average Bonchev–Trinajstić information content (AvgIpc) is 3.15. The van der Waals surface area contributed by atoms with E-state index < -0.39 is 10.8 Å². The monoisotopic (exact) mass is 357 g/mol. The Bertz CT molecular complexity index is 898. The summed E-state index contributed by atoms with van der Waals surface area (Å²) in [5, 5.41) is 23.8. The average molecular weight is 357 g/mol. The Morgan fingerprint density at radius 3 is 2.96 bits per heavy atom. The minimum Gasteiger partial charge on any atom is -0.487 e. The second-order valence-corrected chi connectivity index (χ2v) is 6.61. The first-order chi connectivity index (χ1) is 12.0. The molecule has 128 valence electrons. The number of carbonyl (C=O) groups is 1. The van der Waals surface area contributed by atoms with Crippen LogP contribution in [-0.2, 0) is 12.8 Å². The normalized spacial score (nSPS) is 12.3. The lowest BCUT2D eigenvalue weighted by molar-refractivity contribution is -0.385. The molecule has 0 radical (unpaired) electrons. The molecular formula is C17H15N3O4S. The largest absolute Gasteiger partial charge is 0.487 e. The van der Waals surface area contributed by atoms with Crippen molar-refractivity contribution in [1.29, 1.82) is 5.26 Å². The zero-order valence-corrected chi connectivity index (χ0v) is 14.3. The molecule has 0 unspecified atom stereocenters. The van der Waals surface area contributed by atoms with E-state index >= 15 is 0 Å². The van der Waals surface area contributed by atoms with Gasteiger partial charge in [0.15, 0.2) is 5.75 Å². The van der Waals surface area contributed by atoms with Gasteiger partial charge in [0, 0.05) is 16.5 Å². The Morgan fingerprint density at radius 1 is 1.48 bits per heavy atom. The molecule has 1 N–H and O–H groups in total. The van der Waals surface area contributed by atoms with E-state index in [0.29, 0.717) is 17.2 Å². The maximum atomic E-state index is 12.5. The molecule has 0 fully saturated rings. The van der Waals surface area contributed by atoms with Crippen LogP contribution in [0.5, 0.6) is 5.75 Å². The maximum Gasteiger partial charge on any atom is 0.311 e. The number of nitro groups is 1. The fraction of sp³-hybridized carbons (Fsp3) is 0.294. The highest BCUT2D eigenvalue weighted by molar-refractivity contribution is 7.16. The molecule has 1 aliphatic carbocycles. The number of amides is 1.